The largest absolute Gasteiger partial charge is 0.508 e. The lowest BCUT2D eigenvalue weighted by Crippen LogP contribution is -1.88. The van der Waals surface area contributed by atoms with E-state index in [0.29, 0.717) is 5.75 Å². The van der Waals surface area contributed by atoms with Crippen molar-refractivity contribution in [1.82, 2.24) is 0 Å². The molecule has 0 fully saturated rings. The lowest BCUT2D eigenvalue weighted by Gasteiger charge is -2.09. The number of phenols is 1. The van der Waals surface area contributed by atoms with Gasteiger partial charge in [-0.25, -0.2) is 0 Å². The summed E-state index contributed by atoms with van der Waals surface area (Å²) in [5, 5.41) is 9.60. The number of phenolic OH excluding ortho intramolecular Hbond substituents is 1. The van der Waals surface area contributed by atoms with Crippen LogP contribution in [0.5, 0.6) is 5.75 Å². The van der Waals surface area contributed by atoms with Gasteiger partial charge in [0.1, 0.15) is 5.75 Å². The maximum absolute atomic E-state index is 9.60. The van der Waals surface area contributed by atoms with E-state index in [2.05, 4.69) is 25.1 Å². The average molecular weight is 186 g/mol. The van der Waals surface area contributed by atoms with E-state index in [9.17, 15) is 5.11 Å². The summed E-state index contributed by atoms with van der Waals surface area (Å²) in [5.74, 6) is 0.384. The average Bonchev–Trinajstić information content (AvgIpc) is 2.57. The highest BCUT2D eigenvalue weighted by atomic mass is 16.3. The van der Waals surface area contributed by atoms with Gasteiger partial charge in [-0.3, -0.25) is 0 Å². The lowest BCUT2D eigenvalue weighted by molar-refractivity contribution is 0.471. The van der Waals surface area contributed by atoms with Gasteiger partial charge in [-0.15, -0.1) is 0 Å². The molecule has 0 amide bonds. The van der Waals surface area contributed by atoms with E-state index >= 15 is 0 Å². The third kappa shape index (κ3) is 1.35. The summed E-state index contributed by atoms with van der Waals surface area (Å²) in [4.78, 5) is 0. The van der Waals surface area contributed by atoms with Gasteiger partial charge < -0.3 is 5.11 Å². The zero-order valence-electron chi connectivity index (χ0n) is 8.54. The summed E-state index contributed by atoms with van der Waals surface area (Å²) >= 11 is 0. The number of hydrogen-bond donors (Lipinski definition) is 1. The minimum Gasteiger partial charge on any atom is -0.508 e. The highest BCUT2D eigenvalue weighted by molar-refractivity contribution is 5.77. The minimum absolute atomic E-state index is 0.384. The summed E-state index contributed by atoms with van der Waals surface area (Å²) in [6, 6.07) is 5.70. The molecule has 1 aliphatic carbocycles. The van der Waals surface area contributed by atoms with Crippen LogP contribution in [0.1, 0.15) is 24.5 Å². The maximum atomic E-state index is 9.60. The van der Waals surface area contributed by atoms with Crippen molar-refractivity contribution in [2.75, 3.05) is 0 Å². The van der Waals surface area contributed by atoms with E-state index < -0.39 is 0 Å². The molecule has 0 radical (unpaired) electrons. The molecule has 0 aliphatic heterocycles. The van der Waals surface area contributed by atoms with Crippen LogP contribution in [-0.2, 0) is 0 Å². The van der Waals surface area contributed by atoms with E-state index in [1.54, 1.807) is 6.07 Å². The Morgan fingerprint density at radius 3 is 2.64 bits per heavy atom. The van der Waals surface area contributed by atoms with E-state index in [1.165, 1.54) is 16.7 Å². The first-order chi connectivity index (χ1) is 6.70. The van der Waals surface area contributed by atoms with Crippen LogP contribution in [0.4, 0.5) is 0 Å². The van der Waals surface area contributed by atoms with E-state index in [1.807, 2.05) is 13.0 Å². The number of hydrogen-bond acceptors (Lipinski definition) is 1. The molecule has 0 saturated carbocycles. The molecule has 0 spiro atoms. The van der Waals surface area contributed by atoms with Crippen LogP contribution in [0, 0.1) is 6.92 Å². The minimum atomic E-state index is 0.384. The van der Waals surface area contributed by atoms with E-state index in [4.69, 9.17) is 0 Å². The van der Waals surface area contributed by atoms with Gasteiger partial charge in [-0.2, -0.15) is 0 Å². The molecule has 0 atom stereocenters. The van der Waals surface area contributed by atoms with Gasteiger partial charge in [0.05, 0.1) is 0 Å². The summed E-state index contributed by atoms with van der Waals surface area (Å²) in [7, 11) is 0. The zero-order chi connectivity index (χ0) is 10.1. The summed E-state index contributed by atoms with van der Waals surface area (Å²) in [5.41, 5.74) is 4.79. The van der Waals surface area contributed by atoms with Gasteiger partial charge in [-0.05, 0) is 48.6 Å². The van der Waals surface area contributed by atoms with Gasteiger partial charge in [0, 0.05) is 0 Å². The molecule has 0 saturated heterocycles. The van der Waals surface area contributed by atoms with Crippen molar-refractivity contribution >= 4 is 5.57 Å². The Kier molecular flexibility index (Phi) is 2.16. The van der Waals surface area contributed by atoms with Crippen LogP contribution in [-0.4, -0.2) is 5.11 Å². The van der Waals surface area contributed by atoms with Crippen molar-refractivity contribution in [2.45, 2.75) is 20.3 Å². The highest BCUT2D eigenvalue weighted by Crippen LogP contribution is 2.33. The number of aromatic hydroxyl groups is 1. The first-order valence-corrected chi connectivity index (χ1v) is 4.85. The van der Waals surface area contributed by atoms with Crippen LogP contribution in [0.25, 0.3) is 5.57 Å². The lowest BCUT2D eigenvalue weighted by atomic mass is 9.97. The molecule has 2 rings (SSSR count). The molecule has 0 unspecified atom stereocenters. The first-order valence-electron chi connectivity index (χ1n) is 4.85. The van der Waals surface area contributed by atoms with Gasteiger partial charge in [0.2, 0.25) is 0 Å². The van der Waals surface area contributed by atoms with Crippen molar-refractivity contribution in [3.63, 3.8) is 0 Å². The van der Waals surface area contributed by atoms with Crippen molar-refractivity contribution in [1.29, 1.82) is 0 Å². The predicted molar refractivity (Wildman–Crippen MR) is 59.2 cm³/mol. The third-order valence-corrected chi connectivity index (χ3v) is 2.80. The van der Waals surface area contributed by atoms with Crippen molar-refractivity contribution in [3.8, 4) is 5.75 Å². The number of rotatable bonds is 1. The molecule has 0 bridgehead atoms. The normalized spacial score (nSPS) is 15.3. The second-order valence-corrected chi connectivity index (χ2v) is 3.72. The Labute approximate surface area is 84.4 Å². The van der Waals surface area contributed by atoms with Crippen molar-refractivity contribution in [2.24, 2.45) is 0 Å². The quantitative estimate of drug-likeness (QED) is 0.712. The van der Waals surface area contributed by atoms with E-state index in [-0.39, 0.29) is 0 Å². The van der Waals surface area contributed by atoms with Gasteiger partial charge in [0.15, 0.2) is 0 Å². The number of benzene rings is 1. The zero-order valence-corrected chi connectivity index (χ0v) is 8.54. The Bertz CT molecular complexity index is 425. The Balaban J connectivity index is 2.53. The smallest absolute Gasteiger partial charge is 0.119 e. The Hall–Kier alpha value is -1.50. The standard InChI is InChI=1S/C13H14O/c1-9-5-3-6-11(9)12-7-4-8-13(14)10(12)2/h3-5,7-8,14H,6H2,1-2H3. The van der Waals surface area contributed by atoms with Crippen LogP contribution < -0.4 is 0 Å². The molecular weight excluding hydrogens is 172 g/mol. The second-order valence-electron chi connectivity index (χ2n) is 3.72. The fraction of sp³-hybridized carbons (Fsp3) is 0.231. The molecule has 14 heavy (non-hydrogen) atoms. The van der Waals surface area contributed by atoms with Crippen LogP contribution >= 0.6 is 0 Å². The highest BCUT2D eigenvalue weighted by Gasteiger charge is 2.11. The fourth-order valence-corrected chi connectivity index (χ4v) is 1.89. The molecule has 72 valence electrons. The Morgan fingerprint density at radius 1 is 1.21 bits per heavy atom. The molecule has 0 aromatic heterocycles. The van der Waals surface area contributed by atoms with E-state index in [0.717, 1.165) is 12.0 Å². The van der Waals surface area contributed by atoms with Gasteiger partial charge in [-0.1, -0.05) is 24.3 Å². The van der Waals surface area contributed by atoms with Gasteiger partial charge in [0.25, 0.3) is 0 Å². The molecular formula is C13H14O. The Morgan fingerprint density at radius 2 is 2.00 bits per heavy atom. The topological polar surface area (TPSA) is 20.2 Å². The molecule has 1 heteroatoms. The SMILES string of the molecule is CC1=C(c2cccc(O)c2C)CC=C1. The summed E-state index contributed by atoms with van der Waals surface area (Å²) in [6.45, 7) is 4.07. The summed E-state index contributed by atoms with van der Waals surface area (Å²) in [6.07, 6.45) is 5.28. The van der Waals surface area contributed by atoms with Gasteiger partial charge >= 0.3 is 0 Å². The molecule has 1 N–H and O–H groups in total. The number of allylic oxidation sites excluding steroid dienone is 4. The maximum Gasteiger partial charge on any atom is 0.119 e. The first kappa shape index (κ1) is 9.07. The van der Waals surface area contributed by atoms with Crippen LogP contribution in [0.15, 0.2) is 35.9 Å². The molecule has 1 aliphatic rings. The molecule has 1 aromatic carbocycles. The predicted octanol–water partition coefficient (Wildman–Crippen LogP) is 3.43. The van der Waals surface area contributed by atoms with Crippen LogP contribution in [0.2, 0.25) is 0 Å². The van der Waals surface area contributed by atoms with Crippen molar-refractivity contribution < 1.29 is 5.11 Å². The monoisotopic (exact) mass is 186 g/mol. The summed E-state index contributed by atoms with van der Waals surface area (Å²) < 4.78 is 0. The molecule has 0 heterocycles. The molecule has 1 nitrogen and oxygen atoms in total. The third-order valence-electron chi connectivity index (χ3n) is 2.80. The second kappa shape index (κ2) is 3.33. The van der Waals surface area contributed by atoms with Crippen molar-refractivity contribution in [3.05, 3.63) is 47.1 Å². The van der Waals surface area contributed by atoms with Crippen LogP contribution in [0.3, 0.4) is 0 Å². The fourth-order valence-electron chi connectivity index (χ4n) is 1.89. The molecule has 1 aromatic rings.